The van der Waals surface area contributed by atoms with Gasteiger partial charge in [0.2, 0.25) is 0 Å². The van der Waals surface area contributed by atoms with Crippen molar-refractivity contribution in [2.24, 2.45) is 5.92 Å². The summed E-state index contributed by atoms with van der Waals surface area (Å²) < 4.78 is 68.1. The summed E-state index contributed by atoms with van der Waals surface area (Å²) in [6.45, 7) is 3.67. The molecule has 0 radical (unpaired) electrons. The predicted octanol–water partition coefficient (Wildman–Crippen LogP) is 4.85. The van der Waals surface area contributed by atoms with Gasteiger partial charge in [0.05, 0.1) is 0 Å². The van der Waals surface area contributed by atoms with Crippen molar-refractivity contribution in [2.45, 2.75) is 26.3 Å². The van der Waals surface area contributed by atoms with E-state index in [0.29, 0.717) is 10.8 Å². The zero-order valence-corrected chi connectivity index (χ0v) is 15.3. The van der Waals surface area contributed by atoms with Crippen LogP contribution in [0, 0.1) is 5.92 Å². The minimum absolute atomic E-state index is 0.270. The third kappa shape index (κ3) is 3.68. The number of fused-ring (bicyclic) bond motifs is 2. The Kier molecular flexibility index (Phi) is 4.84. The van der Waals surface area contributed by atoms with Crippen molar-refractivity contribution in [1.29, 1.82) is 0 Å². The number of benzene rings is 1. The molecule has 8 heteroatoms. The molecular weight excluding hydrogens is 448 g/mol. The molecule has 25 heavy (non-hydrogen) atoms. The van der Waals surface area contributed by atoms with Crippen molar-refractivity contribution in [3.63, 3.8) is 0 Å². The Morgan fingerprint density at radius 3 is 2.28 bits per heavy atom. The first-order valence-electron chi connectivity index (χ1n) is 7.34. The van der Waals surface area contributed by atoms with Crippen LogP contribution < -0.4 is 0 Å². The Morgan fingerprint density at radius 2 is 1.84 bits per heavy atom. The second kappa shape index (κ2) is 6.51. The molecule has 0 amide bonds. The van der Waals surface area contributed by atoms with Gasteiger partial charge in [0, 0.05) is 0 Å². The van der Waals surface area contributed by atoms with Gasteiger partial charge in [-0.05, 0) is 0 Å². The van der Waals surface area contributed by atoms with Crippen LogP contribution in [0.5, 0.6) is 0 Å². The molecule has 3 rings (SSSR count). The third-order valence-electron chi connectivity index (χ3n) is 3.90. The van der Waals surface area contributed by atoms with Gasteiger partial charge in [-0.15, -0.1) is 0 Å². The van der Waals surface area contributed by atoms with E-state index in [0.717, 1.165) is 30.7 Å². The number of hydrogen-bond acceptors (Lipinski definition) is 3. The topological polar surface area (TPSA) is 43.4 Å². The van der Waals surface area contributed by atoms with Gasteiger partial charge >= 0.3 is 151 Å². The minimum atomic E-state index is -4.51. The molecule has 2 bridgehead atoms. The summed E-state index contributed by atoms with van der Waals surface area (Å²) in [6, 6.07) is 3.36. The van der Waals surface area contributed by atoms with Crippen LogP contribution in [0.15, 0.2) is 66.1 Å². The van der Waals surface area contributed by atoms with Crippen molar-refractivity contribution in [1.82, 2.24) is 0 Å². The molecule has 0 N–H and O–H groups in total. The van der Waals surface area contributed by atoms with Crippen LogP contribution in [0.25, 0.3) is 0 Å². The molecule has 0 heterocycles. The van der Waals surface area contributed by atoms with Gasteiger partial charge in [-0.3, -0.25) is 0 Å². The summed E-state index contributed by atoms with van der Waals surface area (Å²) in [4.78, 5) is 0.153. The van der Waals surface area contributed by atoms with Crippen molar-refractivity contribution in [3.8, 4) is 0 Å². The summed E-state index contributed by atoms with van der Waals surface area (Å²) >= 11 is -2.06. The van der Waals surface area contributed by atoms with Gasteiger partial charge in [0.25, 0.3) is 0 Å². The zero-order valence-electron chi connectivity index (χ0n) is 13.0. The van der Waals surface area contributed by atoms with Gasteiger partial charge in [0.15, 0.2) is 0 Å². The normalized spacial score (nSPS) is 25.4. The Bertz CT molecular complexity index is 812. The summed E-state index contributed by atoms with van der Waals surface area (Å²) in [5.74, 6) is 0.297. The maximum atomic E-state index is 12.6. The standard InChI is InChI=1S/C7H5F3O3S.C7H7.C3H5.Pd/c8-7(9,10)5-1-3-6(4-2-5)14(11,12)13;1-2-7-4-3-6(1)5-7;1-3-2;/h1-4H,(H,11,12,13);1-4,6H,5H2;3H,1-2H2;/q;;;+1/p-1. The van der Waals surface area contributed by atoms with E-state index in [1.165, 1.54) is 0 Å². The van der Waals surface area contributed by atoms with E-state index in [4.69, 9.17) is 2.91 Å². The fourth-order valence-corrected chi connectivity index (χ4v) is 8.84. The zero-order chi connectivity index (χ0) is 18.3. The first-order valence-corrected chi connectivity index (χ1v) is 11.3. The van der Waals surface area contributed by atoms with Gasteiger partial charge < -0.3 is 0 Å². The van der Waals surface area contributed by atoms with Gasteiger partial charge in [0.1, 0.15) is 0 Å². The molecule has 0 aromatic heterocycles. The fraction of sp³-hybridized carbons (Fsp3) is 0.294. The molecule has 3 nitrogen and oxygen atoms in total. The Balaban J connectivity index is 1.85. The van der Waals surface area contributed by atoms with Crippen LogP contribution in [0.2, 0.25) is 8.78 Å². The van der Waals surface area contributed by atoms with Gasteiger partial charge in [-0.1, -0.05) is 0 Å². The first-order chi connectivity index (χ1) is 11.7. The third-order valence-corrected chi connectivity index (χ3v) is 10.4. The molecule has 0 unspecified atom stereocenters. The molecule has 139 valence electrons. The predicted molar refractivity (Wildman–Crippen MR) is 83.8 cm³/mol. The number of halogens is 3. The Hall–Kier alpha value is -1.20. The van der Waals surface area contributed by atoms with E-state index in [-0.39, 0.29) is 4.90 Å². The van der Waals surface area contributed by atoms with Crippen LogP contribution in [0.4, 0.5) is 13.2 Å². The number of allylic oxidation sites excluding steroid dienone is 5. The van der Waals surface area contributed by atoms with E-state index in [1.807, 2.05) is 24.3 Å². The number of alkyl halides is 3. The van der Waals surface area contributed by atoms with E-state index in [2.05, 4.69) is 6.58 Å². The molecule has 2 aliphatic carbocycles. The number of hydrogen-bond donors (Lipinski definition) is 0. The first kappa shape index (κ1) is 18.6. The van der Waals surface area contributed by atoms with E-state index in [1.54, 1.807) is 6.08 Å². The number of rotatable bonds is 6. The van der Waals surface area contributed by atoms with Gasteiger partial charge in [-0.2, -0.15) is 0 Å². The summed E-state index contributed by atoms with van der Waals surface area (Å²) in [7, 11) is -4.14. The molecule has 1 aromatic rings. The van der Waals surface area contributed by atoms with E-state index in [9.17, 15) is 21.6 Å². The second-order valence-electron chi connectivity index (χ2n) is 5.67. The van der Waals surface area contributed by atoms with Crippen LogP contribution >= 0.6 is 0 Å². The van der Waals surface area contributed by atoms with Crippen LogP contribution in [-0.2, 0) is 36.3 Å². The molecule has 2 aliphatic rings. The molecule has 1 aromatic carbocycles. The van der Waals surface area contributed by atoms with E-state index < -0.39 is 42.9 Å². The summed E-state index contributed by atoms with van der Waals surface area (Å²) in [5.41, 5.74) is -0.900. The summed E-state index contributed by atoms with van der Waals surface area (Å²) in [6.07, 6.45) is 5.95. The molecule has 0 spiro atoms. The van der Waals surface area contributed by atoms with Crippen molar-refractivity contribution < 1.29 is 41.6 Å². The van der Waals surface area contributed by atoms with Gasteiger partial charge in [-0.25, -0.2) is 0 Å². The maximum absolute atomic E-state index is 12.6. The van der Waals surface area contributed by atoms with Crippen LogP contribution in [-0.4, -0.2) is 8.42 Å². The fourth-order valence-electron chi connectivity index (χ4n) is 2.68. The molecule has 0 fully saturated rings. The molecular formula is C17H16F3O3PdS. The Morgan fingerprint density at radius 1 is 1.24 bits per heavy atom. The van der Waals surface area contributed by atoms with Crippen molar-refractivity contribution in [3.05, 3.63) is 66.8 Å². The van der Waals surface area contributed by atoms with Crippen LogP contribution in [0.1, 0.15) is 12.0 Å². The van der Waals surface area contributed by atoms with E-state index >= 15 is 0 Å². The average molecular weight is 464 g/mol. The SMILES string of the molecule is C=C[CH2][Pd]([O]S(=O)(=O)c1ccc(C(F)(F)F)cc1)[C]12C=CC(C=C1)C2. The molecule has 0 aliphatic heterocycles. The monoisotopic (exact) mass is 463 g/mol. The van der Waals surface area contributed by atoms with Crippen LogP contribution in [0.3, 0.4) is 0 Å². The molecule has 0 saturated carbocycles. The second-order valence-corrected chi connectivity index (χ2v) is 11.3. The molecule has 0 atom stereocenters. The van der Waals surface area contributed by atoms with Crippen molar-refractivity contribution >= 4 is 10.1 Å². The average Bonchev–Trinajstić information content (AvgIpc) is 3.16. The molecule has 0 saturated heterocycles. The summed E-state index contributed by atoms with van der Waals surface area (Å²) in [5, 5.41) is 0. The Labute approximate surface area is 150 Å². The quantitative estimate of drug-likeness (QED) is 0.447. The van der Waals surface area contributed by atoms with Crippen molar-refractivity contribution in [2.75, 3.05) is 0 Å².